The van der Waals surface area contributed by atoms with Crippen LogP contribution >= 0.6 is 12.4 Å². The molecule has 1 fully saturated rings. The molecule has 5 heteroatoms. The summed E-state index contributed by atoms with van der Waals surface area (Å²) < 4.78 is 0. The van der Waals surface area contributed by atoms with Gasteiger partial charge in [-0.3, -0.25) is 4.79 Å². The van der Waals surface area contributed by atoms with Crippen LogP contribution in [0.5, 0.6) is 0 Å². The molecule has 4 nitrogen and oxygen atoms in total. The maximum atomic E-state index is 11.8. The molecule has 0 saturated carbocycles. The Labute approximate surface area is 126 Å². The minimum atomic E-state index is -1.06. The second kappa shape index (κ2) is 8.95. The summed E-state index contributed by atoms with van der Waals surface area (Å²) in [4.78, 5) is 11.8. The van der Waals surface area contributed by atoms with Gasteiger partial charge in [0.25, 0.3) is 5.91 Å². The number of amides is 1. The van der Waals surface area contributed by atoms with E-state index in [0.29, 0.717) is 18.0 Å². The smallest absolute Gasteiger partial charge is 0.253 e. The normalized spacial score (nSPS) is 19.8. The number of hydrogen-bond donors (Lipinski definition) is 3. The van der Waals surface area contributed by atoms with Crippen molar-refractivity contribution in [3.05, 3.63) is 35.9 Å². The van der Waals surface area contributed by atoms with E-state index in [-0.39, 0.29) is 18.3 Å². The summed E-state index contributed by atoms with van der Waals surface area (Å²) in [6, 6.07) is 9.02. The molecule has 1 heterocycles. The lowest BCUT2D eigenvalue weighted by molar-refractivity contribution is -0.129. The molecule has 2 unspecified atom stereocenters. The average Bonchev–Trinajstić information content (AvgIpc) is 2.48. The van der Waals surface area contributed by atoms with Crippen LogP contribution in [0.1, 0.15) is 30.9 Å². The number of benzene rings is 1. The summed E-state index contributed by atoms with van der Waals surface area (Å²) in [6.45, 7) is 2.78. The average molecular weight is 299 g/mol. The van der Waals surface area contributed by atoms with Crippen molar-refractivity contribution in [2.45, 2.75) is 25.4 Å². The molecule has 2 atom stereocenters. The molecule has 0 aromatic heterocycles. The first-order valence-corrected chi connectivity index (χ1v) is 6.99. The van der Waals surface area contributed by atoms with Gasteiger partial charge in [0.2, 0.25) is 0 Å². The van der Waals surface area contributed by atoms with Crippen molar-refractivity contribution in [1.82, 2.24) is 10.6 Å². The van der Waals surface area contributed by atoms with E-state index in [1.807, 2.05) is 18.2 Å². The van der Waals surface area contributed by atoms with E-state index < -0.39 is 6.10 Å². The molecule has 1 amide bonds. The van der Waals surface area contributed by atoms with E-state index in [1.54, 1.807) is 12.1 Å². The lowest BCUT2D eigenvalue weighted by Gasteiger charge is -2.22. The van der Waals surface area contributed by atoms with E-state index in [4.69, 9.17) is 0 Å². The van der Waals surface area contributed by atoms with Crippen LogP contribution in [-0.2, 0) is 4.79 Å². The van der Waals surface area contributed by atoms with Gasteiger partial charge in [0, 0.05) is 6.54 Å². The molecule has 1 aromatic carbocycles. The molecule has 2 rings (SSSR count). The third-order valence-corrected chi connectivity index (χ3v) is 3.61. The number of rotatable bonds is 5. The number of hydrogen-bond acceptors (Lipinski definition) is 3. The Kier molecular flexibility index (Phi) is 7.59. The summed E-state index contributed by atoms with van der Waals surface area (Å²) >= 11 is 0. The maximum absolute atomic E-state index is 11.8. The molecular formula is C15H23ClN2O2. The highest BCUT2D eigenvalue weighted by Gasteiger charge is 2.17. The summed E-state index contributed by atoms with van der Waals surface area (Å²) in [5.74, 6) is 0.331. The van der Waals surface area contributed by atoms with Crippen molar-refractivity contribution in [2.75, 3.05) is 19.6 Å². The number of piperidine rings is 1. The molecule has 1 saturated heterocycles. The van der Waals surface area contributed by atoms with Crippen LogP contribution in [-0.4, -0.2) is 30.6 Å². The van der Waals surface area contributed by atoms with E-state index in [1.165, 1.54) is 12.8 Å². The molecule has 0 aliphatic carbocycles. The number of halogens is 1. The lowest BCUT2D eigenvalue weighted by Crippen LogP contribution is -2.34. The Balaban J connectivity index is 0.00000200. The fourth-order valence-electron chi connectivity index (χ4n) is 2.45. The van der Waals surface area contributed by atoms with Crippen molar-refractivity contribution in [3.63, 3.8) is 0 Å². The van der Waals surface area contributed by atoms with Crippen molar-refractivity contribution < 1.29 is 9.90 Å². The Morgan fingerprint density at radius 3 is 2.80 bits per heavy atom. The zero-order chi connectivity index (χ0) is 13.5. The molecule has 0 radical (unpaired) electrons. The van der Waals surface area contributed by atoms with Crippen molar-refractivity contribution >= 4 is 18.3 Å². The van der Waals surface area contributed by atoms with Gasteiger partial charge < -0.3 is 15.7 Å². The molecule has 20 heavy (non-hydrogen) atoms. The van der Waals surface area contributed by atoms with Crippen LogP contribution in [0, 0.1) is 5.92 Å². The number of carbonyl (C=O) groups is 1. The first-order chi connectivity index (χ1) is 9.27. The summed E-state index contributed by atoms with van der Waals surface area (Å²) in [7, 11) is 0. The minimum Gasteiger partial charge on any atom is -0.378 e. The molecule has 0 bridgehead atoms. The predicted molar refractivity (Wildman–Crippen MR) is 81.9 cm³/mol. The SMILES string of the molecule is Cl.O=C(NCCC1CCCNC1)C(O)c1ccccc1. The van der Waals surface area contributed by atoms with Gasteiger partial charge in [-0.15, -0.1) is 12.4 Å². The highest BCUT2D eigenvalue weighted by atomic mass is 35.5. The monoisotopic (exact) mass is 298 g/mol. The van der Waals surface area contributed by atoms with Crippen LogP contribution in [0.2, 0.25) is 0 Å². The van der Waals surface area contributed by atoms with Crippen molar-refractivity contribution in [1.29, 1.82) is 0 Å². The maximum Gasteiger partial charge on any atom is 0.253 e. The standard InChI is InChI=1S/C15H22N2O2.ClH/c18-14(13-6-2-1-3-7-13)15(19)17-10-8-12-5-4-9-16-11-12;/h1-3,6-7,12,14,16,18H,4-5,8-11H2,(H,17,19);1H. The predicted octanol–water partition coefficient (Wildman–Crippen LogP) is 1.65. The molecule has 0 spiro atoms. The van der Waals surface area contributed by atoms with Crippen molar-refractivity contribution in [2.24, 2.45) is 5.92 Å². The van der Waals surface area contributed by atoms with Gasteiger partial charge in [0.15, 0.2) is 6.10 Å². The quantitative estimate of drug-likeness (QED) is 0.774. The van der Waals surface area contributed by atoms with E-state index >= 15 is 0 Å². The highest BCUT2D eigenvalue weighted by molar-refractivity contribution is 5.85. The van der Waals surface area contributed by atoms with Crippen LogP contribution in [0.15, 0.2) is 30.3 Å². The highest BCUT2D eigenvalue weighted by Crippen LogP contribution is 2.14. The first-order valence-electron chi connectivity index (χ1n) is 6.99. The van der Waals surface area contributed by atoms with Crippen LogP contribution in [0.3, 0.4) is 0 Å². The largest absolute Gasteiger partial charge is 0.378 e. The fraction of sp³-hybridized carbons (Fsp3) is 0.533. The molecule has 112 valence electrons. The van der Waals surface area contributed by atoms with E-state index in [2.05, 4.69) is 10.6 Å². The number of aliphatic hydroxyl groups excluding tert-OH is 1. The topological polar surface area (TPSA) is 61.4 Å². The van der Waals surface area contributed by atoms with Crippen LogP contribution < -0.4 is 10.6 Å². The van der Waals surface area contributed by atoms with Gasteiger partial charge in [-0.05, 0) is 43.8 Å². The summed E-state index contributed by atoms with van der Waals surface area (Å²) in [6.07, 6.45) is 2.35. The van der Waals surface area contributed by atoms with E-state index in [9.17, 15) is 9.90 Å². The Morgan fingerprint density at radius 2 is 2.15 bits per heavy atom. The second-order valence-corrected chi connectivity index (χ2v) is 5.11. The van der Waals surface area contributed by atoms with Gasteiger partial charge >= 0.3 is 0 Å². The zero-order valence-electron chi connectivity index (χ0n) is 11.5. The van der Waals surface area contributed by atoms with E-state index in [0.717, 1.165) is 19.5 Å². The first kappa shape index (κ1) is 17.0. The summed E-state index contributed by atoms with van der Waals surface area (Å²) in [5.41, 5.74) is 0.638. The van der Waals surface area contributed by atoms with Crippen LogP contribution in [0.25, 0.3) is 0 Å². The summed E-state index contributed by atoms with van der Waals surface area (Å²) in [5, 5.41) is 16.1. The molecule has 1 aliphatic rings. The molecule has 1 aromatic rings. The molecular weight excluding hydrogens is 276 g/mol. The van der Waals surface area contributed by atoms with Gasteiger partial charge in [-0.2, -0.15) is 0 Å². The molecule has 1 aliphatic heterocycles. The van der Waals surface area contributed by atoms with Gasteiger partial charge in [-0.25, -0.2) is 0 Å². The zero-order valence-corrected chi connectivity index (χ0v) is 12.4. The third-order valence-electron chi connectivity index (χ3n) is 3.61. The van der Waals surface area contributed by atoms with Crippen molar-refractivity contribution in [3.8, 4) is 0 Å². The minimum absolute atomic E-state index is 0. The van der Waals surface area contributed by atoms with Gasteiger partial charge in [0.1, 0.15) is 0 Å². The van der Waals surface area contributed by atoms with Gasteiger partial charge in [0.05, 0.1) is 0 Å². The second-order valence-electron chi connectivity index (χ2n) is 5.11. The van der Waals surface area contributed by atoms with Gasteiger partial charge in [-0.1, -0.05) is 30.3 Å². The number of nitrogens with one attached hydrogen (secondary N) is 2. The lowest BCUT2D eigenvalue weighted by atomic mass is 9.96. The number of aliphatic hydroxyl groups is 1. The Bertz CT molecular complexity index is 394. The molecule has 3 N–H and O–H groups in total. The fourth-order valence-corrected chi connectivity index (χ4v) is 2.45. The number of carbonyl (C=O) groups excluding carboxylic acids is 1. The Morgan fingerprint density at radius 1 is 1.40 bits per heavy atom. The Hall–Kier alpha value is -1.10. The van der Waals surface area contributed by atoms with Crippen LogP contribution in [0.4, 0.5) is 0 Å². The third kappa shape index (κ3) is 5.12.